The van der Waals surface area contributed by atoms with Crippen LogP contribution in [0.2, 0.25) is 0 Å². The Labute approximate surface area is 129 Å². The maximum atomic E-state index is 10.7. The van der Waals surface area contributed by atoms with Crippen LogP contribution in [0.1, 0.15) is 5.56 Å². The van der Waals surface area contributed by atoms with Crippen molar-refractivity contribution in [2.75, 3.05) is 11.6 Å². The molecule has 2 aromatic carbocycles. The summed E-state index contributed by atoms with van der Waals surface area (Å²) in [7, 11) is 0. The van der Waals surface area contributed by atoms with Gasteiger partial charge in [-0.15, -0.1) is 11.8 Å². The van der Waals surface area contributed by atoms with Crippen LogP contribution in [-0.2, 0) is 6.54 Å². The molecule has 0 aliphatic carbocycles. The topological polar surface area (TPSA) is 55.2 Å². The predicted octanol–water partition coefficient (Wildman–Crippen LogP) is 4.69. The van der Waals surface area contributed by atoms with Gasteiger partial charge >= 0.3 is 0 Å². The van der Waals surface area contributed by atoms with E-state index in [1.54, 1.807) is 23.9 Å². The van der Waals surface area contributed by atoms with Gasteiger partial charge in [0.1, 0.15) is 0 Å². The first-order valence-corrected chi connectivity index (χ1v) is 7.92. The molecule has 0 saturated carbocycles. The first-order valence-electron chi connectivity index (χ1n) is 5.91. The summed E-state index contributed by atoms with van der Waals surface area (Å²) < 4.78 is 0.477. The average molecular weight is 353 g/mol. The van der Waals surface area contributed by atoms with E-state index < -0.39 is 4.92 Å². The molecule has 0 aromatic heterocycles. The van der Waals surface area contributed by atoms with Gasteiger partial charge in [-0.3, -0.25) is 10.1 Å². The second-order valence-electron chi connectivity index (χ2n) is 4.12. The molecule has 0 spiro atoms. The van der Waals surface area contributed by atoms with Crippen molar-refractivity contribution in [1.29, 1.82) is 0 Å². The summed E-state index contributed by atoms with van der Waals surface area (Å²) in [4.78, 5) is 11.5. The third-order valence-corrected chi connectivity index (χ3v) is 4.18. The second-order valence-corrected chi connectivity index (χ2v) is 5.86. The highest BCUT2D eigenvalue weighted by molar-refractivity contribution is 9.10. The quantitative estimate of drug-likeness (QED) is 0.481. The molecule has 2 rings (SSSR count). The maximum absolute atomic E-state index is 10.7. The zero-order valence-electron chi connectivity index (χ0n) is 10.8. The van der Waals surface area contributed by atoms with Gasteiger partial charge in [0.05, 0.1) is 9.40 Å². The Hall–Kier alpha value is -1.53. The summed E-state index contributed by atoms with van der Waals surface area (Å²) in [5, 5.41) is 14.0. The Morgan fingerprint density at radius 3 is 2.50 bits per heavy atom. The number of rotatable bonds is 5. The summed E-state index contributed by atoms with van der Waals surface area (Å²) in [6, 6.07) is 13.2. The van der Waals surface area contributed by atoms with E-state index in [4.69, 9.17) is 0 Å². The van der Waals surface area contributed by atoms with Crippen molar-refractivity contribution in [3.05, 3.63) is 62.6 Å². The molecular formula is C14H13BrN2O2S. The average Bonchev–Trinajstić information content (AvgIpc) is 2.45. The molecule has 2 aromatic rings. The van der Waals surface area contributed by atoms with Gasteiger partial charge in [0.2, 0.25) is 0 Å². The number of hydrogen-bond acceptors (Lipinski definition) is 4. The molecule has 104 valence electrons. The lowest BCUT2D eigenvalue weighted by atomic mass is 10.2. The zero-order valence-corrected chi connectivity index (χ0v) is 13.2. The summed E-state index contributed by atoms with van der Waals surface area (Å²) in [5.41, 5.74) is 2.08. The van der Waals surface area contributed by atoms with Gasteiger partial charge in [-0.2, -0.15) is 0 Å². The SMILES string of the molecule is CSc1ccc(CNc2ccc([N+](=O)[O-])c(Br)c2)cc1. The van der Waals surface area contributed by atoms with E-state index in [0.717, 1.165) is 11.3 Å². The van der Waals surface area contributed by atoms with Crippen LogP contribution in [0.25, 0.3) is 0 Å². The Balaban J connectivity index is 2.03. The van der Waals surface area contributed by atoms with Crippen LogP contribution < -0.4 is 5.32 Å². The largest absolute Gasteiger partial charge is 0.381 e. The summed E-state index contributed by atoms with van der Waals surface area (Å²) in [6.07, 6.45) is 2.04. The highest BCUT2D eigenvalue weighted by Crippen LogP contribution is 2.28. The van der Waals surface area contributed by atoms with Crippen LogP contribution in [0.3, 0.4) is 0 Å². The number of benzene rings is 2. The standard InChI is InChI=1S/C14H13BrN2O2S/c1-20-12-5-2-10(3-6-12)9-16-11-4-7-14(17(18)19)13(15)8-11/h2-8,16H,9H2,1H3. The van der Waals surface area contributed by atoms with E-state index in [1.165, 1.54) is 11.0 Å². The van der Waals surface area contributed by atoms with E-state index in [-0.39, 0.29) is 5.69 Å². The molecule has 20 heavy (non-hydrogen) atoms. The van der Waals surface area contributed by atoms with Crippen molar-refractivity contribution in [2.24, 2.45) is 0 Å². The number of halogens is 1. The number of anilines is 1. The van der Waals surface area contributed by atoms with Gasteiger partial charge < -0.3 is 5.32 Å². The third-order valence-electron chi connectivity index (χ3n) is 2.80. The first-order chi connectivity index (χ1) is 9.60. The molecule has 1 N–H and O–H groups in total. The molecule has 4 nitrogen and oxygen atoms in total. The minimum Gasteiger partial charge on any atom is -0.381 e. The summed E-state index contributed by atoms with van der Waals surface area (Å²) in [5.74, 6) is 0. The van der Waals surface area contributed by atoms with Gasteiger partial charge in [0.25, 0.3) is 5.69 Å². The van der Waals surface area contributed by atoms with Gasteiger partial charge in [0, 0.05) is 23.2 Å². The van der Waals surface area contributed by atoms with E-state index in [2.05, 4.69) is 45.5 Å². The minimum absolute atomic E-state index is 0.0693. The van der Waals surface area contributed by atoms with E-state index in [1.807, 2.05) is 6.26 Å². The lowest BCUT2D eigenvalue weighted by Gasteiger charge is -2.07. The van der Waals surface area contributed by atoms with Gasteiger partial charge in [0.15, 0.2) is 0 Å². The van der Waals surface area contributed by atoms with Crippen LogP contribution in [-0.4, -0.2) is 11.2 Å². The second kappa shape index (κ2) is 6.76. The first kappa shape index (κ1) is 14.9. The number of nitro groups is 1. The van der Waals surface area contributed by atoms with Gasteiger partial charge in [-0.1, -0.05) is 12.1 Å². The number of nitro benzene ring substituents is 1. The van der Waals surface area contributed by atoms with Gasteiger partial charge in [-0.05, 0) is 52.0 Å². The van der Waals surface area contributed by atoms with E-state index in [9.17, 15) is 10.1 Å². The lowest BCUT2D eigenvalue weighted by molar-refractivity contribution is -0.385. The van der Waals surface area contributed by atoms with Crippen LogP contribution in [0.4, 0.5) is 11.4 Å². The van der Waals surface area contributed by atoms with Crippen LogP contribution >= 0.6 is 27.7 Å². The highest BCUT2D eigenvalue weighted by atomic mass is 79.9. The van der Waals surface area contributed by atoms with Crippen molar-refractivity contribution in [1.82, 2.24) is 0 Å². The molecule has 0 fully saturated rings. The normalized spacial score (nSPS) is 10.3. The molecule has 0 bridgehead atoms. The molecule has 0 heterocycles. The number of thioether (sulfide) groups is 1. The van der Waals surface area contributed by atoms with Crippen molar-refractivity contribution < 1.29 is 4.92 Å². The Kier molecular flexibility index (Phi) is 5.03. The van der Waals surface area contributed by atoms with Crippen molar-refractivity contribution in [2.45, 2.75) is 11.4 Å². The highest BCUT2D eigenvalue weighted by Gasteiger charge is 2.11. The summed E-state index contributed by atoms with van der Waals surface area (Å²) >= 11 is 4.92. The molecule has 0 atom stereocenters. The van der Waals surface area contributed by atoms with E-state index in [0.29, 0.717) is 11.0 Å². The molecule has 0 saturated heterocycles. The van der Waals surface area contributed by atoms with Crippen LogP contribution in [0.15, 0.2) is 51.8 Å². The maximum Gasteiger partial charge on any atom is 0.283 e. The number of hydrogen-bond donors (Lipinski definition) is 1. The van der Waals surface area contributed by atoms with Crippen LogP contribution in [0, 0.1) is 10.1 Å². The molecule has 0 aliphatic heterocycles. The molecule has 0 aliphatic rings. The minimum atomic E-state index is -0.408. The Morgan fingerprint density at radius 2 is 1.95 bits per heavy atom. The Morgan fingerprint density at radius 1 is 1.25 bits per heavy atom. The third kappa shape index (κ3) is 3.74. The van der Waals surface area contributed by atoms with E-state index >= 15 is 0 Å². The number of nitrogens with zero attached hydrogens (tertiary/aromatic N) is 1. The monoisotopic (exact) mass is 352 g/mol. The van der Waals surface area contributed by atoms with Gasteiger partial charge in [-0.25, -0.2) is 0 Å². The molecule has 0 unspecified atom stereocenters. The predicted molar refractivity (Wildman–Crippen MR) is 86.3 cm³/mol. The van der Waals surface area contributed by atoms with Crippen molar-refractivity contribution in [3.8, 4) is 0 Å². The molecule has 0 amide bonds. The summed E-state index contributed by atoms with van der Waals surface area (Å²) in [6.45, 7) is 0.679. The fourth-order valence-corrected chi connectivity index (χ4v) is 2.64. The fourth-order valence-electron chi connectivity index (χ4n) is 1.71. The molecule has 0 radical (unpaired) electrons. The van der Waals surface area contributed by atoms with Crippen molar-refractivity contribution in [3.63, 3.8) is 0 Å². The Bertz CT molecular complexity index is 617. The lowest BCUT2D eigenvalue weighted by Crippen LogP contribution is -1.99. The molecular weight excluding hydrogens is 340 g/mol. The molecule has 6 heteroatoms. The number of nitrogens with one attached hydrogen (secondary N) is 1. The van der Waals surface area contributed by atoms with Crippen LogP contribution in [0.5, 0.6) is 0 Å². The fraction of sp³-hybridized carbons (Fsp3) is 0.143. The smallest absolute Gasteiger partial charge is 0.283 e. The zero-order chi connectivity index (χ0) is 14.5. The van der Waals surface area contributed by atoms with Crippen molar-refractivity contribution >= 4 is 39.1 Å².